The third-order valence-electron chi connectivity index (χ3n) is 3.30. The van der Waals surface area contributed by atoms with Crippen LogP contribution in [-0.4, -0.2) is 30.8 Å². The second-order valence-electron chi connectivity index (χ2n) is 4.70. The monoisotopic (exact) mass is 235 g/mol. The molecule has 4 heteroatoms. The minimum absolute atomic E-state index is 0.364. The molecule has 2 rings (SSSR count). The second-order valence-corrected chi connectivity index (χ2v) is 4.70. The molecule has 2 N–H and O–H groups in total. The van der Waals surface area contributed by atoms with Crippen molar-refractivity contribution >= 4 is 5.82 Å². The lowest BCUT2D eigenvalue weighted by atomic mass is 10.1. The summed E-state index contributed by atoms with van der Waals surface area (Å²) >= 11 is 0. The molecule has 94 valence electrons. The Morgan fingerprint density at radius 3 is 2.94 bits per heavy atom. The van der Waals surface area contributed by atoms with Crippen LogP contribution >= 0.6 is 0 Å². The van der Waals surface area contributed by atoms with Crippen LogP contribution in [0.4, 0.5) is 5.82 Å². The van der Waals surface area contributed by atoms with Gasteiger partial charge in [0.2, 0.25) is 0 Å². The van der Waals surface area contributed by atoms with Crippen LogP contribution in [0.2, 0.25) is 0 Å². The number of rotatable bonds is 2. The van der Waals surface area contributed by atoms with Gasteiger partial charge in [0.05, 0.1) is 19.3 Å². The van der Waals surface area contributed by atoms with Gasteiger partial charge in [0.15, 0.2) is 0 Å². The number of morpholine rings is 1. The van der Waals surface area contributed by atoms with Crippen LogP contribution in [0.15, 0.2) is 6.07 Å². The summed E-state index contributed by atoms with van der Waals surface area (Å²) < 4.78 is 5.47. The van der Waals surface area contributed by atoms with Crippen molar-refractivity contribution in [2.24, 2.45) is 5.73 Å². The maximum atomic E-state index is 5.86. The minimum atomic E-state index is 0.364. The summed E-state index contributed by atoms with van der Waals surface area (Å²) in [6.07, 6.45) is 0. The molecule has 0 aromatic carbocycles. The van der Waals surface area contributed by atoms with Gasteiger partial charge in [-0.2, -0.15) is 0 Å². The Labute approximate surface area is 103 Å². The molecule has 17 heavy (non-hydrogen) atoms. The van der Waals surface area contributed by atoms with Crippen LogP contribution in [-0.2, 0) is 11.3 Å². The molecular formula is C13H21N3O. The summed E-state index contributed by atoms with van der Waals surface area (Å²) in [5.41, 5.74) is 9.29. The summed E-state index contributed by atoms with van der Waals surface area (Å²) in [5.74, 6) is 1.04. The zero-order valence-electron chi connectivity index (χ0n) is 10.9. The highest BCUT2D eigenvalue weighted by Crippen LogP contribution is 2.25. The zero-order chi connectivity index (χ0) is 12.4. The van der Waals surface area contributed by atoms with Gasteiger partial charge in [-0.15, -0.1) is 0 Å². The highest BCUT2D eigenvalue weighted by atomic mass is 16.5. The van der Waals surface area contributed by atoms with Crippen molar-refractivity contribution < 1.29 is 4.74 Å². The largest absolute Gasteiger partial charge is 0.377 e. The summed E-state index contributed by atoms with van der Waals surface area (Å²) in [6.45, 7) is 9.26. The van der Waals surface area contributed by atoms with Gasteiger partial charge in [-0.25, -0.2) is 4.98 Å². The number of ether oxygens (including phenoxy) is 1. The van der Waals surface area contributed by atoms with Crippen molar-refractivity contribution in [3.8, 4) is 0 Å². The molecule has 0 amide bonds. The maximum absolute atomic E-state index is 5.86. The molecule has 4 nitrogen and oxygen atoms in total. The van der Waals surface area contributed by atoms with Crippen LogP contribution < -0.4 is 10.6 Å². The highest BCUT2D eigenvalue weighted by molar-refractivity contribution is 5.52. The topological polar surface area (TPSA) is 51.4 Å². The molecule has 1 atom stereocenters. The van der Waals surface area contributed by atoms with Crippen molar-refractivity contribution in [3.05, 3.63) is 22.9 Å². The molecule has 1 saturated heterocycles. The number of aryl methyl sites for hydroxylation is 2. The van der Waals surface area contributed by atoms with Crippen molar-refractivity contribution in [2.75, 3.05) is 24.7 Å². The van der Waals surface area contributed by atoms with E-state index >= 15 is 0 Å². The van der Waals surface area contributed by atoms with E-state index in [1.165, 1.54) is 5.56 Å². The first-order valence-corrected chi connectivity index (χ1v) is 6.15. The molecule has 1 aromatic rings. The zero-order valence-corrected chi connectivity index (χ0v) is 10.9. The Morgan fingerprint density at radius 1 is 1.53 bits per heavy atom. The van der Waals surface area contributed by atoms with E-state index in [-0.39, 0.29) is 0 Å². The number of nitrogens with zero attached hydrogens (tertiary/aromatic N) is 2. The predicted octanol–water partition coefficient (Wildman–Crippen LogP) is 1.38. The van der Waals surface area contributed by atoms with E-state index in [4.69, 9.17) is 10.5 Å². The second kappa shape index (κ2) is 5.02. The number of anilines is 1. The van der Waals surface area contributed by atoms with E-state index in [0.717, 1.165) is 36.8 Å². The van der Waals surface area contributed by atoms with E-state index in [2.05, 4.69) is 29.8 Å². The Kier molecular flexibility index (Phi) is 3.64. The molecular weight excluding hydrogens is 214 g/mol. The van der Waals surface area contributed by atoms with E-state index in [1.807, 2.05) is 6.92 Å². The van der Waals surface area contributed by atoms with Gasteiger partial charge < -0.3 is 15.4 Å². The molecule has 1 aliphatic heterocycles. The first-order chi connectivity index (χ1) is 8.13. The average Bonchev–Trinajstić information content (AvgIpc) is 2.28. The highest BCUT2D eigenvalue weighted by Gasteiger charge is 2.23. The lowest BCUT2D eigenvalue weighted by Crippen LogP contribution is -2.44. The Hall–Kier alpha value is -1.13. The van der Waals surface area contributed by atoms with Gasteiger partial charge in [-0.1, -0.05) is 0 Å². The Morgan fingerprint density at radius 2 is 2.29 bits per heavy atom. The first-order valence-electron chi connectivity index (χ1n) is 6.15. The van der Waals surface area contributed by atoms with Crippen molar-refractivity contribution in [1.82, 2.24) is 4.98 Å². The fourth-order valence-electron chi connectivity index (χ4n) is 2.38. The van der Waals surface area contributed by atoms with Crippen LogP contribution in [0.5, 0.6) is 0 Å². The Bertz CT molecular complexity index is 406. The van der Waals surface area contributed by atoms with Gasteiger partial charge in [-0.05, 0) is 32.4 Å². The van der Waals surface area contributed by atoms with E-state index in [0.29, 0.717) is 12.6 Å². The average molecular weight is 235 g/mol. The summed E-state index contributed by atoms with van der Waals surface area (Å²) in [6, 6.07) is 2.46. The number of hydrogen-bond donors (Lipinski definition) is 1. The van der Waals surface area contributed by atoms with E-state index < -0.39 is 0 Å². The molecule has 2 heterocycles. The van der Waals surface area contributed by atoms with Crippen molar-refractivity contribution in [1.29, 1.82) is 0 Å². The van der Waals surface area contributed by atoms with Crippen molar-refractivity contribution in [2.45, 2.75) is 33.4 Å². The summed E-state index contributed by atoms with van der Waals surface area (Å²) in [5, 5.41) is 0. The quantitative estimate of drug-likeness (QED) is 0.841. The molecule has 0 radical (unpaired) electrons. The molecule has 0 aliphatic carbocycles. The lowest BCUT2D eigenvalue weighted by Gasteiger charge is -2.36. The number of pyridine rings is 1. The first kappa shape index (κ1) is 12.3. The molecule has 0 saturated carbocycles. The molecule has 1 unspecified atom stereocenters. The SMILES string of the molecule is Cc1cc(C)c(CN)c(N2CCOCC2C)n1. The normalized spacial score (nSPS) is 20.7. The van der Waals surface area contributed by atoms with Gasteiger partial charge in [0, 0.05) is 24.3 Å². The summed E-state index contributed by atoms with van der Waals surface area (Å²) in [7, 11) is 0. The smallest absolute Gasteiger partial charge is 0.133 e. The number of aromatic nitrogens is 1. The predicted molar refractivity (Wildman–Crippen MR) is 69.2 cm³/mol. The fraction of sp³-hybridized carbons (Fsp3) is 0.615. The number of hydrogen-bond acceptors (Lipinski definition) is 4. The van der Waals surface area contributed by atoms with Gasteiger partial charge >= 0.3 is 0 Å². The van der Waals surface area contributed by atoms with Gasteiger partial charge in [-0.3, -0.25) is 0 Å². The molecule has 1 fully saturated rings. The maximum Gasteiger partial charge on any atom is 0.133 e. The van der Waals surface area contributed by atoms with E-state index in [1.54, 1.807) is 0 Å². The fourth-order valence-corrected chi connectivity index (χ4v) is 2.38. The van der Waals surface area contributed by atoms with Crippen LogP contribution in [0.25, 0.3) is 0 Å². The molecule has 1 aliphatic rings. The molecule has 0 bridgehead atoms. The van der Waals surface area contributed by atoms with Crippen LogP contribution in [0.1, 0.15) is 23.7 Å². The minimum Gasteiger partial charge on any atom is -0.377 e. The van der Waals surface area contributed by atoms with Gasteiger partial charge in [0.1, 0.15) is 5.82 Å². The standard InChI is InChI=1S/C13H21N3O/c1-9-6-10(2)15-13(12(9)7-14)16-4-5-17-8-11(16)3/h6,11H,4-5,7-8,14H2,1-3H3. The summed E-state index contributed by atoms with van der Waals surface area (Å²) in [4.78, 5) is 6.98. The van der Waals surface area contributed by atoms with Crippen LogP contribution in [0.3, 0.4) is 0 Å². The van der Waals surface area contributed by atoms with E-state index in [9.17, 15) is 0 Å². The number of nitrogens with two attached hydrogens (primary N) is 1. The van der Waals surface area contributed by atoms with Gasteiger partial charge in [0.25, 0.3) is 0 Å². The lowest BCUT2D eigenvalue weighted by molar-refractivity contribution is 0.0984. The van der Waals surface area contributed by atoms with Crippen LogP contribution in [0, 0.1) is 13.8 Å². The molecule has 0 spiro atoms. The Balaban J connectivity index is 2.42. The third kappa shape index (κ3) is 2.42. The van der Waals surface area contributed by atoms with Crippen molar-refractivity contribution in [3.63, 3.8) is 0 Å². The molecule has 1 aromatic heterocycles. The third-order valence-corrected chi connectivity index (χ3v) is 3.30.